The third-order valence-electron chi connectivity index (χ3n) is 3.75. The first kappa shape index (κ1) is 14.5. The van der Waals surface area contributed by atoms with Gasteiger partial charge in [-0.1, -0.05) is 32.6 Å². The van der Waals surface area contributed by atoms with E-state index in [2.05, 4.69) is 26.5 Å². The molecule has 1 unspecified atom stereocenters. The first-order valence-corrected chi connectivity index (χ1v) is 6.59. The molecule has 0 aromatic heterocycles. The number of aliphatic hydroxyl groups excluding tert-OH is 1. The van der Waals surface area contributed by atoms with Crippen molar-refractivity contribution in [2.24, 2.45) is 11.8 Å². The van der Waals surface area contributed by atoms with Crippen molar-refractivity contribution in [2.75, 3.05) is 0 Å². The van der Waals surface area contributed by atoms with Crippen molar-refractivity contribution in [3.05, 3.63) is 24.3 Å². The minimum Gasteiger partial charge on any atom is -0.389 e. The molecule has 0 bridgehead atoms. The van der Waals surface area contributed by atoms with Crippen molar-refractivity contribution in [3.63, 3.8) is 0 Å². The molecule has 0 aliphatic heterocycles. The molecule has 0 aromatic rings. The Balaban J connectivity index is 2.83. The molecule has 2 nitrogen and oxygen atoms in total. The van der Waals surface area contributed by atoms with Crippen LogP contribution in [-0.4, -0.2) is 21.9 Å². The monoisotopic (exact) mass is 238 g/mol. The van der Waals surface area contributed by atoms with E-state index in [9.17, 15) is 10.2 Å². The summed E-state index contributed by atoms with van der Waals surface area (Å²) in [4.78, 5) is 0. The fraction of sp³-hybridized carbons (Fsp3) is 0.733. The minimum atomic E-state index is -0.814. The summed E-state index contributed by atoms with van der Waals surface area (Å²) in [6, 6.07) is 0. The second kappa shape index (κ2) is 5.83. The number of hydrogen-bond acceptors (Lipinski definition) is 2. The van der Waals surface area contributed by atoms with Crippen molar-refractivity contribution >= 4 is 0 Å². The van der Waals surface area contributed by atoms with Gasteiger partial charge in [-0.2, -0.15) is 0 Å². The maximum atomic E-state index is 10.2. The molecular weight excluding hydrogens is 212 g/mol. The fourth-order valence-electron chi connectivity index (χ4n) is 2.22. The van der Waals surface area contributed by atoms with Crippen molar-refractivity contribution < 1.29 is 10.2 Å². The van der Waals surface area contributed by atoms with E-state index in [0.29, 0.717) is 24.7 Å². The predicted molar refractivity (Wildman–Crippen MR) is 71.7 cm³/mol. The highest BCUT2D eigenvalue weighted by atomic mass is 16.3. The molecule has 1 aliphatic rings. The zero-order valence-electron chi connectivity index (χ0n) is 11.3. The molecule has 17 heavy (non-hydrogen) atoms. The Bertz CT molecular complexity index is 289. The summed E-state index contributed by atoms with van der Waals surface area (Å²) >= 11 is 0. The van der Waals surface area contributed by atoms with Gasteiger partial charge in [-0.15, -0.1) is 0 Å². The Kier molecular flexibility index (Phi) is 4.96. The van der Waals surface area contributed by atoms with Gasteiger partial charge >= 0.3 is 0 Å². The van der Waals surface area contributed by atoms with Gasteiger partial charge in [-0.25, -0.2) is 0 Å². The largest absolute Gasteiger partial charge is 0.389 e. The molecule has 0 spiro atoms. The second-order valence-corrected chi connectivity index (χ2v) is 5.88. The topological polar surface area (TPSA) is 40.5 Å². The van der Waals surface area contributed by atoms with Gasteiger partial charge in [0.15, 0.2) is 0 Å². The lowest BCUT2D eigenvalue weighted by Gasteiger charge is -2.26. The van der Waals surface area contributed by atoms with Crippen molar-refractivity contribution in [3.8, 4) is 0 Å². The zero-order chi connectivity index (χ0) is 13.1. The molecule has 0 fully saturated rings. The van der Waals surface area contributed by atoms with Crippen LogP contribution in [0.5, 0.6) is 0 Å². The van der Waals surface area contributed by atoms with E-state index in [1.165, 1.54) is 0 Å². The SMILES string of the molecule is C=C1CC[C@@H](C(C)C)/C=C/[C@](C)(O)CCC1O. The third kappa shape index (κ3) is 4.64. The standard InChI is InChI=1S/C15H26O2/c1-11(2)13-6-5-12(3)14(16)8-10-15(4,17)9-7-13/h7,9,11,13-14,16-17H,3,5-6,8,10H2,1-2,4H3/b9-7+/t13-,14?,15+/m1/s1. The molecule has 0 aromatic carbocycles. The number of allylic oxidation sites excluding steroid dienone is 1. The van der Waals surface area contributed by atoms with Gasteiger partial charge in [-0.3, -0.25) is 0 Å². The molecular formula is C15H26O2. The number of rotatable bonds is 1. The van der Waals surface area contributed by atoms with Crippen LogP contribution in [-0.2, 0) is 0 Å². The smallest absolute Gasteiger partial charge is 0.0800 e. The molecule has 0 saturated heterocycles. The van der Waals surface area contributed by atoms with Gasteiger partial charge in [0.2, 0.25) is 0 Å². The quantitative estimate of drug-likeness (QED) is 0.689. The summed E-state index contributed by atoms with van der Waals surface area (Å²) in [6.45, 7) is 10.1. The Hall–Kier alpha value is -0.600. The summed E-state index contributed by atoms with van der Waals surface area (Å²) in [6.07, 6.45) is 6.60. The number of aliphatic hydroxyl groups is 2. The van der Waals surface area contributed by atoms with Crippen LogP contribution in [0.1, 0.15) is 46.5 Å². The van der Waals surface area contributed by atoms with Crippen molar-refractivity contribution in [2.45, 2.75) is 58.2 Å². The Labute approximate surface area is 105 Å². The first-order chi connectivity index (χ1) is 7.82. The fourth-order valence-corrected chi connectivity index (χ4v) is 2.22. The van der Waals surface area contributed by atoms with Crippen LogP contribution in [0.2, 0.25) is 0 Å². The van der Waals surface area contributed by atoms with Crippen LogP contribution in [0.25, 0.3) is 0 Å². The molecule has 2 heteroatoms. The maximum Gasteiger partial charge on any atom is 0.0800 e. The van der Waals surface area contributed by atoms with Crippen LogP contribution >= 0.6 is 0 Å². The van der Waals surface area contributed by atoms with E-state index in [1.807, 2.05) is 6.08 Å². The Morgan fingerprint density at radius 3 is 2.65 bits per heavy atom. The Morgan fingerprint density at radius 2 is 2.06 bits per heavy atom. The highest BCUT2D eigenvalue weighted by Gasteiger charge is 2.23. The van der Waals surface area contributed by atoms with E-state index >= 15 is 0 Å². The van der Waals surface area contributed by atoms with Crippen LogP contribution < -0.4 is 0 Å². The van der Waals surface area contributed by atoms with E-state index < -0.39 is 11.7 Å². The zero-order valence-corrected chi connectivity index (χ0v) is 11.3. The van der Waals surface area contributed by atoms with E-state index in [1.54, 1.807) is 6.92 Å². The molecule has 3 atom stereocenters. The highest BCUT2D eigenvalue weighted by Crippen LogP contribution is 2.27. The normalized spacial score (nSPS) is 38.1. The lowest BCUT2D eigenvalue weighted by atomic mass is 9.84. The van der Waals surface area contributed by atoms with Crippen LogP contribution in [0, 0.1) is 11.8 Å². The third-order valence-corrected chi connectivity index (χ3v) is 3.75. The summed E-state index contributed by atoms with van der Waals surface area (Å²) in [5.41, 5.74) is 0.0906. The van der Waals surface area contributed by atoms with Crippen molar-refractivity contribution in [1.29, 1.82) is 0 Å². The van der Waals surface area contributed by atoms with Gasteiger partial charge in [-0.05, 0) is 50.0 Å². The molecule has 98 valence electrons. The van der Waals surface area contributed by atoms with Crippen LogP contribution in [0.4, 0.5) is 0 Å². The van der Waals surface area contributed by atoms with E-state index in [4.69, 9.17) is 0 Å². The maximum absolute atomic E-state index is 10.2. The van der Waals surface area contributed by atoms with Gasteiger partial charge in [0, 0.05) is 0 Å². The summed E-state index contributed by atoms with van der Waals surface area (Å²) < 4.78 is 0. The molecule has 2 N–H and O–H groups in total. The minimum absolute atomic E-state index is 0.448. The van der Waals surface area contributed by atoms with Gasteiger partial charge in [0.1, 0.15) is 0 Å². The lowest BCUT2D eigenvalue weighted by Crippen LogP contribution is -2.25. The highest BCUT2D eigenvalue weighted by molar-refractivity contribution is 5.08. The van der Waals surface area contributed by atoms with Crippen molar-refractivity contribution in [1.82, 2.24) is 0 Å². The number of hydrogen-bond donors (Lipinski definition) is 2. The average Bonchev–Trinajstić information content (AvgIpc) is 2.24. The van der Waals surface area contributed by atoms with Gasteiger partial charge < -0.3 is 10.2 Å². The summed E-state index contributed by atoms with van der Waals surface area (Å²) in [5.74, 6) is 0.995. The molecule has 0 radical (unpaired) electrons. The average molecular weight is 238 g/mol. The second-order valence-electron chi connectivity index (χ2n) is 5.88. The molecule has 1 rings (SSSR count). The predicted octanol–water partition coefficient (Wildman–Crippen LogP) is 3.06. The van der Waals surface area contributed by atoms with E-state index in [-0.39, 0.29) is 0 Å². The van der Waals surface area contributed by atoms with Crippen LogP contribution in [0.3, 0.4) is 0 Å². The molecule has 0 heterocycles. The van der Waals surface area contributed by atoms with E-state index in [0.717, 1.165) is 18.4 Å². The molecule has 1 aliphatic carbocycles. The summed E-state index contributed by atoms with van der Waals surface area (Å²) in [7, 11) is 0. The van der Waals surface area contributed by atoms with Crippen LogP contribution in [0.15, 0.2) is 24.3 Å². The summed E-state index contributed by atoms with van der Waals surface area (Å²) in [5, 5.41) is 20.1. The Morgan fingerprint density at radius 1 is 1.41 bits per heavy atom. The first-order valence-electron chi connectivity index (χ1n) is 6.59. The molecule has 0 amide bonds. The van der Waals surface area contributed by atoms with Gasteiger partial charge in [0.25, 0.3) is 0 Å². The lowest BCUT2D eigenvalue weighted by molar-refractivity contribution is 0.0781. The van der Waals surface area contributed by atoms with Gasteiger partial charge in [0.05, 0.1) is 11.7 Å². The molecule has 0 saturated carbocycles.